The summed E-state index contributed by atoms with van der Waals surface area (Å²) in [6.45, 7) is 11.1. The highest BCUT2D eigenvalue weighted by Crippen LogP contribution is 2.32. The van der Waals surface area contributed by atoms with Gasteiger partial charge in [0.25, 0.3) is 5.91 Å². The Labute approximate surface area is 162 Å². The number of carbonyl (C=O) groups excluding carboxylic acids is 1. The van der Waals surface area contributed by atoms with E-state index in [0.717, 1.165) is 23.2 Å². The van der Waals surface area contributed by atoms with Crippen molar-refractivity contribution in [1.29, 1.82) is 0 Å². The molecular weight excluding hydrogens is 338 g/mol. The van der Waals surface area contributed by atoms with Crippen molar-refractivity contribution >= 4 is 11.6 Å². The monoisotopic (exact) mass is 369 g/mol. The van der Waals surface area contributed by atoms with Crippen LogP contribution < -0.4 is 14.8 Å². The number of ether oxygens (including phenoxy) is 2. The number of nitrogens with one attached hydrogen (secondary N) is 1. The number of amides is 1. The molecule has 0 radical (unpaired) electrons. The molecule has 0 unspecified atom stereocenters. The van der Waals surface area contributed by atoms with E-state index >= 15 is 0 Å². The average Bonchev–Trinajstić information content (AvgIpc) is 2.65. The normalized spacial score (nSPS) is 10.9. The number of hydrogen-bond acceptors (Lipinski definition) is 3. The summed E-state index contributed by atoms with van der Waals surface area (Å²) >= 11 is 0. The first-order valence-corrected chi connectivity index (χ1v) is 9.71. The third-order valence-corrected chi connectivity index (χ3v) is 4.31. The van der Waals surface area contributed by atoms with Crippen LogP contribution in [0.4, 0.5) is 5.69 Å². The van der Waals surface area contributed by atoms with Crippen molar-refractivity contribution in [3.8, 4) is 11.5 Å². The Kier molecular flexibility index (Phi) is 7.71. The minimum absolute atomic E-state index is 0.0591. The Morgan fingerprint density at radius 3 is 1.96 bits per heavy atom. The van der Waals surface area contributed by atoms with E-state index < -0.39 is 0 Å². The van der Waals surface area contributed by atoms with E-state index in [2.05, 4.69) is 58.1 Å². The van der Waals surface area contributed by atoms with Crippen molar-refractivity contribution in [3.63, 3.8) is 0 Å². The molecule has 0 bridgehead atoms. The molecule has 146 valence electrons. The van der Waals surface area contributed by atoms with Crippen LogP contribution in [0.2, 0.25) is 0 Å². The second kappa shape index (κ2) is 10.0. The van der Waals surface area contributed by atoms with Crippen molar-refractivity contribution in [2.45, 2.75) is 52.9 Å². The fourth-order valence-corrected chi connectivity index (χ4v) is 2.91. The number of hydrogen-bond donors (Lipinski definition) is 1. The molecule has 0 saturated heterocycles. The Bertz CT molecular complexity index is 727. The fraction of sp³-hybridized carbons (Fsp3) is 0.435. The first-order valence-electron chi connectivity index (χ1n) is 9.71. The lowest BCUT2D eigenvalue weighted by molar-refractivity contribution is -0.118. The molecule has 2 rings (SSSR count). The molecule has 0 heterocycles. The molecule has 0 aliphatic carbocycles. The summed E-state index contributed by atoms with van der Waals surface area (Å²) in [6.07, 6.45) is 0.915. The van der Waals surface area contributed by atoms with Gasteiger partial charge in [-0.25, -0.2) is 0 Å². The SMILES string of the molecule is CCCOc1ccccc1OCC(=O)Nc1c(C(C)C)cccc1C(C)C. The highest BCUT2D eigenvalue weighted by Gasteiger charge is 2.16. The minimum Gasteiger partial charge on any atom is -0.490 e. The summed E-state index contributed by atoms with van der Waals surface area (Å²) in [4.78, 5) is 12.6. The molecule has 4 heteroatoms. The molecular formula is C23H31NO3. The summed E-state index contributed by atoms with van der Waals surface area (Å²) in [5.41, 5.74) is 3.19. The smallest absolute Gasteiger partial charge is 0.262 e. The molecule has 1 N–H and O–H groups in total. The van der Waals surface area contributed by atoms with Gasteiger partial charge in [0.1, 0.15) is 0 Å². The lowest BCUT2D eigenvalue weighted by atomic mass is 9.92. The van der Waals surface area contributed by atoms with Gasteiger partial charge in [-0.2, -0.15) is 0 Å². The molecule has 1 amide bonds. The van der Waals surface area contributed by atoms with E-state index in [1.54, 1.807) is 0 Å². The minimum atomic E-state index is -0.171. The van der Waals surface area contributed by atoms with Gasteiger partial charge in [-0.05, 0) is 41.5 Å². The fourth-order valence-electron chi connectivity index (χ4n) is 2.91. The maximum absolute atomic E-state index is 12.6. The predicted molar refractivity (Wildman–Crippen MR) is 111 cm³/mol. The van der Waals surface area contributed by atoms with Gasteiger partial charge in [-0.3, -0.25) is 4.79 Å². The summed E-state index contributed by atoms with van der Waals surface area (Å²) in [6, 6.07) is 13.6. The van der Waals surface area contributed by atoms with Gasteiger partial charge in [0, 0.05) is 5.69 Å². The Morgan fingerprint density at radius 2 is 1.44 bits per heavy atom. The summed E-state index contributed by atoms with van der Waals surface area (Å²) in [7, 11) is 0. The van der Waals surface area contributed by atoms with Crippen LogP contribution in [0.3, 0.4) is 0 Å². The first kappa shape index (κ1) is 20.8. The largest absolute Gasteiger partial charge is 0.490 e. The van der Waals surface area contributed by atoms with Gasteiger partial charge in [-0.1, -0.05) is 65.0 Å². The topological polar surface area (TPSA) is 47.6 Å². The molecule has 0 aliphatic rings. The number of carbonyl (C=O) groups is 1. The van der Waals surface area contributed by atoms with Crippen molar-refractivity contribution in [3.05, 3.63) is 53.6 Å². The molecule has 2 aromatic carbocycles. The average molecular weight is 370 g/mol. The van der Waals surface area contributed by atoms with Crippen LogP contribution in [0, 0.1) is 0 Å². The van der Waals surface area contributed by atoms with Gasteiger partial charge in [0.2, 0.25) is 0 Å². The van der Waals surface area contributed by atoms with Crippen LogP contribution in [0.15, 0.2) is 42.5 Å². The highest BCUT2D eigenvalue weighted by molar-refractivity contribution is 5.93. The van der Waals surface area contributed by atoms with Gasteiger partial charge >= 0.3 is 0 Å². The quantitative estimate of drug-likeness (QED) is 0.613. The first-order chi connectivity index (χ1) is 12.9. The molecule has 0 atom stereocenters. The molecule has 27 heavy (non-hydrogen) atoms. The Hall–Kier alpha value is -2.49. The van der Waals surface area contributed by atoms with Crippen molar-refractivity contribution in [2.75, 3.05) is 18.5 Å². The van der Waals surface area contributed by atoms with E-state index in [0.29, 0.717) is 29.9 Å². The molecule has 0 fully saturated rings. The second-order valence-corrected chi connectivity index (χ2v) is 7.25. The van der Waals surface area contributed by atoms with Crippen LogP contribution in [-0.2, 0) is 4.79 Å². The highest BCUT2D eigenvalue weighted by atomic mass is 16.5. The van der Waals surface area contributed by atoms with E-state index in [1.807, 2.05) is 24.3 Å². The Balaban J connectivity index is 2.11. The number of benzene rings is 2. The van der Waals surface area contributed by atoms with E-state index in [1.165, 1.54) is 0 Å². The lowest BCUT2D eigenvalue weighted by Gasteiger charge is -2.20. The van der Waals surface area contributed by atoms with Gasteiger partial charge in [-0.15, -0.1) is 0 Å². The standard InChI is InChI=1S/C23H31NO3/c1-6-14-26-20-12-7-8-13-21(20)27-15-22(25)24-23-18(16(2)3)10-9-11-19(23)17(4)5/h7-13,16-17H,6,14-15H2,1-5H3,(H,24,25). The molecule has 4 nitrogen and oxygen atoms in total. The molecule has 0 aromatic heterocycles. The van der Waals surface area contributed by atoms with Crippen LogP contribution in [0.5, 0.6) is 11.5 Å². The number of para-hydroxylation sites is 3. The summed E-state index contributed by atoms with van der Waals surface area (Å²) < 4.78 is 11.4. The zero-order chi connectivity index (χ0) is 19.8. The zero-order valence-electron chi connectivity index (χ0n) is 17.0. The van der Waals surface area contributed by atoms with Gasteiger partial charge in [0.15, 0.2) is 18.1 Å². The maximum atomic E-state index is 12.6. The molecule has 0 aliphatic heterocycles. The van der Waals surface area contributed by atoms with Gasteiger partial charge < -0.3 is 14.8 Å². The predicted octanol–water partition coefficient (Wildman–Crippen LogP) is 5.74. The van der Waals surface area contributed by atoms with Crippen LogP contribution in [0.25, 0.3) is 0 Å². The zero-order valence-corrected chi connectivity index (χ0v) is 17.0. The van der Waals surface area contributed by atoms with Crippen molar-refractivity contribution < 1.29 is 14.3 Å². The number of rotatable bonds is 9. The van der Waals surface area contributed by atoms with Crippen molar-refractivity contribution in [2.24, 2.45) is 0 Å². The Morgan fingerprint density at radius 1 is 0.889 bits per heavy atom. The lowest BCUT2D eigenvalue weighted by Crippen LogP contribution is -2.22. The molecule has 0 spiro atoms. The second-order valence-electron chi connectivity index (χ2n) is 7.25. The van der Waals surface area contributed by atoms with Crippen LogP contribution >= 0.6 is 0 Å². The van der Waals surface area contributed by atoms with Crippen molar-refractivity contribution in [1.82, 2.24) is 0 Å². The number of anilines is 1. The van der Waals surface area contributed by atoms with Crippen LogP contribution in [-0.4, -0.2) is 19.1 Å². The molecule has 2 aromatic rings. The third kappa shape index (κ3) is 5.75. The van der Waals surface area contributed by atoms with E-state index in [-0.39, 0.29) is 12.5 Å². The third-order valence-electron chi connectivity index (χ3n) is 4.31. The maximum Gasteiger partial charge on any atom is 0.262 e. The van der Waals surface area contributed by atoms with E-state index in [9.17, 15) is 4.79 Å². The summed E-state index contributed by atoms with van der Waals surface area (Å²) in [5.74, 6) is 1.72. The van der Waals surface area contributed by atoms with Gasteiger partial charge in [0.05, 0.1) is 6.61 Å². The molecule has 0 saturated carbocycles. The summed E-state index contributed by atoms with van der Waals surface area (Å²) in [5, 5.41) is 3.07. The van der Waals surface area contributed by atoms with Crippen LogP contribution in [0.1, 0.15) is 64.0 Å². The van der Waals surface area contributed by atoms with E-state index in [4.69, 9.17) is 9.47 Å².